The van der Waals surface area contributed by atoms with Crippen molar-refractivity contribution in [2.75, 3.05) is 9.80 Å². The molecular formula is C54H62N4O2Si2. The number of rotatable bonds is 9. The van der Waals surface area contributed by atoms with Crippen LogP contribution in [0.3, 0.4) is 0 Å². The predicted molar refractivity (Wildman–Crippen MR) is 268 cm³/mol. The van der Waals surface area contributed by atoms with Crippen LogP contribution in [0, 0.1) is 0 Å². The van der Waals surface area contributed by atoms with E-state index in [1.165, 1.54) is 32.6 Å². The SMILES string of the molecule is CC(C)c1cccc(C(C)C)c1N1C(=CC=C2C(=O)c3cc4ccccc4cc3C2=O)N(c2c(C(C)C)cccc2C(C)C)c2nc3c([Si](C)(C)C)ccc([Si](C)(C)C)c3nc21. The molecule has 0 amide bonds. The van der Waals surface area contributed by atoms with E-state index in [2.05, 4.69) is 153 Å². The van der Waals surface area contributed by atoms with Crippen LogP contribution in [0.5, 0.6) is 0 Å². The van der Waals surface area contributed by atoms with E-state index in [-0.39, 0.29) is 40.8 Å². The van der Waals surface area contributed by atoms with Crippen molar-refractivity contribution in [3.05, 3.63) is 142 Å². The molecule has 2 aliphatic rings. The van der Waals surface area contributed by atoms with Crippen molar-refractivity contribution < 1.29 is 9.59 Å². The molecular weight excluding hydrogens is 793 g/mol. The number of fused-ring (bicyclic) bond motifs is 4. The number of hydrogen-bond donors (Lipinski definition) is 0. The van der Waals surface area contributed by atoms with Crippen molar-refractivity contribution in [2.24, 2.45) is 0 Å². The van der Waals surface area contributed by atoms with Crippen LogP contribution in [0.25, 0.3) is 21.8 Å². The average Bonchev–Trinajstić information content (AvgIpc) is 3.63. The van der Waals surface area contributed by atoms with Gasteiger partial charge in [-0.3, -0.25) is 19.4 Å². The minimum atomic E-state index is -1.93. The van der Waals surface area contributed by atoms with E-state index in [0.717, 1.165) is 50.6 Å². The van der Waals surface area contributed by atoms with Gasteiger partial charge in [-0.2, -0.15) is 0 Å². The number of carbonyl (C=O) groups excluding carboxylic acids is 2. The number of Topliss-reactive ketones (excluding diaryl/α,β-unsaturated/α-hetero) is 2. The van der Waals surface area contributed by atoms with E-state index < -0.39 is 16.1 Å². The third-order valence-electron chi connectivity index (χ3n) is 12.7. The highest BCUT2D eigenvalue weighted by atomic mass is 28.3. The van der Waals surface area contributed by atoms with Crippen LogP contribution in [0.2, 0.25) is 39.3 Å². The molecule has 8 heteroatoms. The summed E-state index contributed by atoms with van der Waals surface area (Å²) < 4.78 is 0. The second kappa shape index (κ2) is 15.7. The Morgan fingerprint density at radius 2 is 0.839 bits per heavy atom. The molecule has 0 radical (unpaired) electrons. The van der Waals surface area contributed by atoms with Crippen LogP contribution in [0.15, 0.2) is 108 Å². The van der Waals surface area contributed by atoms with Gasteiger partial charge in [0.05, 0.1) is 44.1 Å². The molecule has 62 heavy (non-hydrogen) atoms. The quantitative estimate of drug-likeness (QED) is 0.0820. The Hall–Kier alpha value is -5.45. The summed E-state index contributed by atoms with van der Waals surface area (Å²) in [5.41, 5.74) is 9.94. The molecule has 0 bridgehead atoms. The van der Waals surface area contributed by atoms with Crippen molar-refractivity contribution in [3.8, 4) is 0 Å². The highest BCUT2D eigenvalue weighted by Crippen LogP contribution is 2.54. The number of allylic oxidation sites excluding steroid dienone is 3. The number of hydrogen-bond acceptors (Lipinski definition) is 6. The third kappa shape index (κ3) is 7.19. The Kier molecular flexibility index (Phi) is 11.0. The molecule has 1 aromatic heterocycles. The fraction of sp³-hybridized carbons (Fsp3) is 0.333. The number of para-hydroxylation sites is 2. The Balaban J connectivity index is 1.55. The summed E-state index contributed by atoms with van der Waals surface area (Å²) in [6.45, 7) is 32.3. The minimum Gasteiger partial charge on any atom is -0.288 e. The lowest BCUT2D eigenvalue weighted by molar-refractivity contribution is 0.0988. The van der Waals surface area contributed by atoms with Gasteiger partial charge in [-0.15, -0.1) is 0 Å². The van der Waals surface area contributed by atoms with Gasteiger partial charge in [0.25, 0.3) is 0 Å². The van der Waals surface area contributed by atoms with Crippen molar-refractivity contribution in [2.45, 2.75) is 118 Å². The lowest BCUT2D eigenvalue weighted by Crippen LogP contribution is -2.44. The first kappa shape index (κ1) is 43.2. The summed E-state index contributed by atoms with van der Waals surface area (Å²) >= 11 is 0. The van der Waals surface area contributed by atoms with Gasteiger partial charge in [-0.1, -0.05) is 167 Å². The first-order chi connectivity index (χ1) is 29.2. The van der Waals surface area contributed by atoms with Gasteiger partial charge in [0.1, 0.15) is 5.82 Å². The fourth-order valence-electron chi connectivity index (χ4n) is 9.39. The first-order valence-corrected chi connectivity index (χ1v) is 29.5. The molecule has 0 saturated heterocycles. The van der Waals surface area contributed by atoms with Crippen LogP contribution in [-0.4, -0.2) is 37.7 Å². The van der Waals surface area contributed by atoms with Gasteiger partial charge in [0.15, 0.2) is 23.2 Å². The van der Waals surface area contributed by atoms with Crippen molar-refractivity contribution in [1.82, 2.24) is 9.97 Å². The van der Waals surface area contributed by atoms with E-state index in [0.29, 0.717) is 11.1 Å². The number of carbonyl (C=O) groups is 2. The second-order valence-electron chi connectivity index (χ2n) is 20.6. The number of anilines is 4. The Morgan fingerprint density at radius 1 is 0.484 bits per heavy atom. The van der Waals surface area contributed by atoms with Gasteiger partial charge in [0.2, 0.25) is 0 Å². The molecule has 8 rings (SSSR count). The molecule has 0 saturated carbocycles. The third-order valence-corrected chi connectivity index (χ3v) is 16.7. The molecule has 6 aromatic rings. The van der Waals surface area contributed by atoms with Crippen LogP contribution in [0.4, 0.5) is 23.0 Å². The van der Waals surface area contributed by atoms with E-state index in [1.807, 2.05) is 42.5 Å². The van der Waals surface area contributed by atoms with Crippen molar-refractivity contribution in [1.29, 1.82) is 0 Å². The maximum absolute atomic E-state index is 14.4. The summed E-state index contributed by atoms with van der Waals surface area (Å²) in [6, 6.07) is 29.6. The predicted octanol–water partition coefficient (Wildman–Crippen LogP) is 13.5. The molecule has 0 unspecified atom stereocenters. The smallest absolute Gasteiger partial charge is 0.197 e. The maximum Gasteiger partial charge on any atom is 0.197 e. The van der Waals surface area contributed by atoms with Gasteiger partial charge < -0.3 is 0 Å². The standard InChI is InChI=1S/C54H62N4O2Si2/c1-31(2)37-21-17-22-38(32(3)4)49(37)57-46(28-25-41-51(59)42-29-35-19-15-16-20-36(35)30-43(42)52(41)60)58(50-39(33(5)6)23-18-24-40(50)34(7)8)54-53(57)55-47-44(61(9,10)11)26-27-45(48(47)56-54)62(12,13)14/h15-34H,1-14H3. The van der Waals surface area contributed by atoms with Crippen LogP contribution in [0.1, 0.15) is 122 Å². The lowest BCUT2D eigenvalue weighted by atomic mass is 9.91. The van der Waals surface area contributed by atoms with Crippen molar-refractivity contribution >= 4 is 82.9 Å². The number of benzene rings is 5. The average molecular weight is 855 g/mol. The number of ketones is 2. The van der Waals surface area contributed by atoms with Gasteiger partial charge in [-0.05, 0) is 91.4 Å². The second-order valence-corrected chi connectivity index (χ2v) is 30.7. The Bertz CT molecular complexity index is 2650. The molecule has 0 fully saturated rings. The lowest BCUT2D eigenvalue weighted by Gasteiger charge is -2.32. The summed E-state index contributed by atoms with van der Waals surface area (Å²) in [5, 5.41) is 4.45. The number of aromatic nitrogens is 2. The van der Waals surface area contributed by atoms with Crippen molar-refractivity contribution in [3.63, 3.8) is 0 Å². The monoisotopic (exact) mass is 854 g/mol. The van der Waals surface area contributed by atoms with Crippen LogP contribution in [-0.2, 0) is 0 Å². The van der Waals surface area contributed by atoms with E-state index in [4.69, 9.17) is 9.97 Å². The van der Waals surface area contributed by atoms with E-state index >= 15 is 0 Å². The maximum atomic E-state index is 14.4. The molecule has 6 nitrogen and oxygen atoms in total. The minimum absolute atomic E-state index is 0.161. The first-order valence-electron chi connectivity index (χ1n) is 22.5. The summed E-state index contributed by atoms with van der Waals surface area (Å²) in [6.07, 6.45) is 3.78. The number of nitrogens with zero attached hydrogens (tertiary/aromatic N) is 4. The largest absolute Gasteiger partial charge is 0.288 e. The molecule has 0 spiro atoms. The summed E-state index contributed by atoms with van der Waals surface area (Å²) in [4.78, 5) is 45.2. The Labute approximate surface area is 370 Å². The highest BCUT2D eigenvalue weighted by Gasteiger charge is 2.43. The normalized spacial score (nSPS) is 14.5. The molecule has 318 valence electrons. The Morgan fingerprint density at radius 3 is 1.16 bits per heavy atom. The molecule has 0 atom stereocenters. The zero-order valence-corrected chi connectivity index (χ0v) is 41.2. The molecule has 1 aliphatic heterocycles. The zero-order chi connectivity index (χ0) is 44.7. The summed E-state index contributed by atoms with van der Waals surface area (Å²) in [5.74, 6) is 2.53. The van der Waals surface area contributed by atoms with Gasteiger partial charge in [-0.25, -0.2) is 9.97 Å². The zero-order valence-electron chi connectivity index (χ0n) is 39.2. The molecule has 2 heterocycles. The molecule has 0 N–H and O–H groups in total. The molecule has 5 aromatic carbocycles. The van der Waals surface area contributed by atoms with Gasteiger partial charge in [0, 0.05) is 11.1 Å². The summed E-state index contributed by atoms with van der Waals surface area (Å²) in [7, 11) is -3.87. The topological polar surface area (TPSA) is 66.4 Å². The van der Waals surface area contributed by atoms with Crippen LogP contribution >= 0.6 is 0 Å². The fourth-order valence-corrected chi connectivity index (χ4v) is 12.3. The van der Waals surface area contributed by atoms with Crippen LogP contribution < -0.4 is 20.2 Å². The van der Waals surface area contributed by atoms with E-state index in [1.54, 1.807) is 6.08 Å². The van der Waals surface area contributed by atoms with Gasteiger partial charge >= 0.3 is 0 Å². The molecule has 1 aliphatic carbocycles. The van der Waals surface area contributed by atoms with E-state index in [9.17, 15) is 9.59 Å². The highest BCUT2D eigenvalue weighted by molar-refractivity contribution is 6.92.